The zero-order valence-electron chi connectivity index (χ0n) is 9.68. The molecule has 1 saturated heterocycles. The first-order chi connectivity index (χ1) is 8.06. The van der Waals surface area contributed by atoms with Crippen molar-refractivity contribution in [1.29, 1.82) is 0 Å². The lowest BCUT2D eigenvalue weighted by atomic mass is 10.2. The maximum Gasteiger partial charge on any atom is 0.289 e. The Bertz CT molecular complexity index is 454. The number of benzene rings is 1. The standard InChI is InChI=1S/C12H14N2O2S/c1-14(2)9-5-3-8(4-6-9)7-10-11(15)13-12(17)16-10/h3-7,12,17H,1-2H3,(H,13,15). The van der Waals surface area contributed by atoms with Crippen LogP contribution in [0.1, 0.15) is 5.56 Å². The molecule has 2 rings (SSSR count). The number of amides is 1. The van der Waals surface area contributed by atoms with E-state index in [0.717, 1.165) is 11.3 Å². The summed E-state index contributed by atoms with van der Waals surface area (Å²) in [4.78, 5) is 13.4. The van der Waals surface area contributed by atoms with Gasteiger partial charge in [0.1, 0.15) is 0 Å². The third-order valence-electron chi connectivity index (χ3n) is 2.42. The summed E-state index contributed by atoms with van der Waals surface area (Å²) in [6, 6.07) is 7.84. The van der Waals surface area contributed by atoms with E-state index >= 15 is 0 Å². The molecular weight excluding hydrogens is 236 g/mol. The molecule has 1 aromatic rings. The molecule has 1 amide bonds. The number of ether oxygens (including phenoxy) is 1. The number of rotatable bonds is 2. The van der Waals surface area contributed by atoms with E-state index in [1.807, 2.05) is 43.3 Å². The molecule has 1 aromatic carbocycles. The Balaban J connectivity index is 2.19. The first kappa shape index (κ1) is 11.9. The van der Waals surface area contributed by atoms with E-state index in [1.54, 1.807) is 6.08 Å². The van der Waals surface area contributed by atoms with Gasteiger partial charge in [-0.15, -0.1) is 12.6 Å². The SMILES string of the molecule is CN(C)c1ccc(C=C2OC(S)NC2=O)cc1. The lowest BCUT2D eigenvalue weighted by molar-refractivity contribution is -0.116. The van der Waals surface area contributed by atoms with Gasteiger partial charge >= 0.3 is 0 Å². The first-order valence-electron chi connectivity index (χ1n) is 5.21. The van der Waals surface area contributed by atoms with Crippen molar-refractivity contribution < 1.29 is 9.53 Å². The van der Waals surface area contributed by atoms with E-state index in [0.29, 0.717) is 5.76 Å². The minimum atomic E-state index is -0.546. The van der Waals surface area contributed by atoms with Crippen molar-refractivity contribution in [3.63, 3.8) is 0 Å². The molecule has 1 aliphatic rings. The van der Waals surface area contributed by atoms with Crippen molar-refractivity contribution in [3.8, 4) is 0 Å². The van der Waals surface area contributed by atoms with Crippen molar-refractivity contribution in [2.24, 2.45) is 0 Å². The van der Waals surface area contributed by atoms with E-state index < -0.39 is 5.56 Å². The summed E-state index contributed by atoms with van der Waals surface area (Å²) in [6.07, 6.45) is 1.70. The predicted molar refractivity (Wildman–Crippen MR) is 70.7 cm³/mol. The second-order valence-corrected chi connectivity index (χ2v) is 4.41. The van der Waals surface area contributed by atoms with Gasteiger partial charge in [-0.1, -0.05) is 12.1 Å². The highest BCUT2D eigenvalue weighted by atomic mass is 32.1. The Morgan fingerprint density at radius 1 is 1.35 bits per heavy atom. The molecular formula is C12H14N2O2S. The third kappa shape index (κ3) is 2.74. The van der Waals surface area contributed by atoms with Crippen molar-refractivity contribution in [1.82, 2.24) is 5.32 Å². The second-order valence-electron chi connectivity index (χ2n) is 3.94. The molecule has 1 atom stereocenters. The molecule has 0 aliphatic carbocycles. The predicted octanol–water partition coefficient (Wildman–Crippen LogP) is 1.45. The second kappa shape index (κ2) is 4.71. The van der Waals surface area contributed by atoms with Gasteiger partial charge in [-0.3, -0.25) is 4.79 Å². The number of hydrogen-bond donors (Lipinski definition) is 2. The van der Waals surface area contributed by atoms with Crippen LogP contribution in [0.3, 0.4) is 0 Å². The highest BCUT2D eigenvalue weighted by Gasteiger charge is 2.24. The molecule has 1 aliphatic heterocycles. The molecule has 1 N–H and O–H groups in total. The molecule has 0 bridgehead atoms. The molecule has 0 radical (unpaired) electrons. The molecule has 4 nitrogen and oxygen atoms in total. The number of carbonyl (C=O) groups excluding carboxylic acids is 1. The van der Waals surface area contributed by atoms with E-state index in [9.17, 15) is 4.79 Å². The van der Waals surface area contributed by atoms with Crippen molar-refractivity contribution in [2.45, 2.75) is 5.56 Å². The fraction of sp³-hybridized carbons (Fsp3) is 0.250. The maximum atomic E-state index is 11.4. The molecule has 0 spiro atoms. The molecule has 5 heteroatoms. The summed E-state index contributed by atoms with van der Waals surface area (Å²) >= 11 is 4.02. The van der Waals surface area contributed by atoms with Gasteiger partial charge in [0.15, 0.2) is 5.76 Å². The molecule has 0 saturated carbocycles. The van der Waals surface area contributed by atoms with Gasteiger partial charge in [-0.2, -0.15) is 0 Å². The summed E-state index contributed by atoms with van der Waals surface area (Å²) in [6.45, 7) is 0. The van der Waals surface area contributed by atoms with Crippen molar-refractivity contribution in [3.05, 3.63) is 35.6 Å². The number of anilines is 1. The quantitative estimate of drug-likeness (QED) is 0.616. The highest BCUT2D eigenvalue weighted by Crippen LogP contribution is 2.18. The van der Waals surface area contributed by atoms with Crippen LogP contribution in [0.2, 0.25) is 0 Å². The zero-order chi connectivity index (χ0) is 12.4. The van der Waals surface area contributed by atoms with E-state index in [2.05, 4.69) is 17.9 Å². The van der Waals surface area contributed by atoms with Crippen LogP contribution in [0.5, 0.6) is 0 Å². The summed E-state index contributed by atoms with van der Waals surface area (Å²) in [5.74, 6) is 0.0595. The van der Waals surface area contributed by atoms with Gasteiger partial charge in [0.05, 0.1) is 0 Å². The number of nitrogens with zero attached hydrogens (tertiary/aromatic N) is 1. The molecule has 0 aromatic heterocycles. The van der Waals surface area contributed by atoms with Gasteiger partial charge in [0.25, 0.3) is 5.91 Å². The molecule has 1 heterocycles. The largest absolute Gasteiger partial charge is 0.456 e. The Labute approximate surface area is 106 Å². The van der Waals surface area contributed by atoms with Gasteiger partial charge in [0.2, 0.25) is 5.56 Å². The smallest absolute Gasteiger partial charge is 0.289 e. The number of nitrogens with one attached hydrogen (secondary N) is 1. The molecule has 17 heavy (non-hydrogen) atoms. The van der Waals surface area contributed by atoms with Crippen LogP contribution in [-0.4, -0.2) is 25.6 Å². The van der Waals surface area contributed by atoms with Gasteiger partial charge < -0.3 is 15.0 Å². The lowest BCUT2D eigenvalue weighted by Gasteiger charge is -2.11. The Kier molecular flexibility index (Phi) is 3.28. The summed E-state index contributed by atoms with van der Waals surface area (Å²) in [5, 5.41) is 2.54. The number of hydrogen-bond acceptors (Lipinski definition) is 4. The molecule has 1 fully saturated rings. The van der Waals surface area contributed by atoms with Gasteiger partial charge in [0, 0.05) is 19.8 Å². The molecule has 1 unspecified atom stereocenters. The molecule has 90 valence electrons. The topological polar surface area (TPSA) is 41.6 Å². The van der Waals surface area contributed by atoms with Gasteiger partial charge in [-0.25, -0.2) is 0 Å². The van der Waals surface area contributed by atoms with Crippen molar-refractivity contribution in [2.75, 3.05) is 19.0 Å². The Morgan fingerprint density at radius 2 is 2.00 bits per heavy atom. The lowest BCUT2D eigenvalue weighted by Crippen LogP contribution is -2.20. The fourth-order valence-corrected chi connectivity index (χ4v) is 1.74. The number of thiol groups is 1. The minimum Gasteiger partial charge on any atom is -0.456 e. The van der Waals surface area contributed by atoms with Crippen molar-refractivity contribution >= 4 is 30.3 Å². The third-order valence-corrected chi connectivity index (χ3v) is 2.66. The van der Waals surface area contributed by atoms with Crippen LogP contribution in [0.15, 0.2) is 30.0 Å². The van der Waals surface area contributed by atoms with Crippen LogP contribution < -0.4 is 10.2 Å². The van der Waals surface area contributed by atoms with E-state index in [-0.39, 0.29) is 5.91 Å². The maximum absolute atomic E-state index is 11.4. The van der Waals surface area contributed by atoms with E-state index in [1.165, 1.54) is 0 Å². The van der Waals surface area contributed by atoms with Crippen LogP contribution >= 0.6 is 12.6 Å². The van der Waals surface area contributed by atoms with Crippen LogP contribution in [0.4, 0.5) is 5.69 Å². The average molecular weight is 250 g/mol. The van der Waals surface area contributed by atoms with Gasteiger partial charge in [-0.05, 0) is 23.8 Å². The minimum absolute atomic E-state index is 0.235. The summed E-state index contributed by atoms with van der Waals surface area (Å²) < 4.78 is 5.21. The van der Waals surface area contributed by atoms with Crippen LogP contribution in [0, 0.1) is 0 Å². The zero-order valence-corrected chi connectivity index (χ0v) is 10.6. The Morgan fingerprint density at radius 3 is 2.47 bits per heavy atom. The summed E-state index contributed by atoms with van der Waals surface area (Å²) in [7, 11) is 3.96. The highest BCUT2D eigenvalue weighted by molar-refractivity contribution is 7.80. The van der Waals surface area contributed by atoms with Crippen LogP contribution in [0.25, 0.3) is 6.08 Å². The van der Waals surface area contributed by atoms with E-state index in [4.69, 9.17) is 4.74 Å². The van der Waals surface area contributed by atoms with Crippen LogP contribution in [-0.2, 0) is 9.53 Å². The normalized spacial score (nSPS) is 21.2. The summed E-state index contributed by atoms with van der Waals surface area (Å²) in [5.41, 5.74) is 1.48. The fourth-order valence-electron chi connectivity index (χ4n) is 1.51. The average Bonchev–Trinajstić information content (AvgIpc) is 2.58. The number of carbonyl (C=O) groups is 1. The first-order valence-corrected chi connectivity index (χ1v) is 5.72. The monoisotopic (exact) mass is 250 g/mol. The Hall–Kier alpha value is -1.62.